The molecule has 0 unspecified atom stereocenters. The van der Waals surface area contributed by atoms with Gasteiger partial charge in [0.15, 0.2) is 6.20 Å². The average molecular weight is 238 g/mol. The summed E-state index contributed by atoms with van der Waals surface area (Å²) < 4.78 is 1.87. The summed E-state index contributed by atoms with van der Waals surface area (Å²) >= 11 is 3.46. The van der Waals surface area contributed by atoms with Crippen molar-refractivity contribution in [3.8, 4) is 0 Å². The molecule has 0 radical (unpaired) electrons. The second-order valence-corrected chi connectivity index (χ2v) is 3.76. The first-order valence-corrected chi connectivity index (χ1v) is 4.76. The fraction of sp³-hybridized carbons (Fsp3) is 0.100. The SMILES string of the molecule is Cc1ccc2c(ccc[n+]2[O-])c1Br. The van der Waals surface area contributed by atoms with E-state index in [1.807, 2.05) is 25.1 Å². The smallest absolute Gasteiger partial charge is 0.224 e. The molecule has 1 aromatic carbocycles. The van der Waals surface area contributed by atoms with Gasteiger partial charge < -0.3 is 5.21 Å². The quantitative estimate of drug-likeness (QED) is 0.511. The molecule has 0 aliphatic carbocycles. The molecule has 2 nitrogen and oxygen atoms in total. The highest BCUT2D eigenvalue weighted by molar-refractivity contribution is 9.10. The van der Waals surface area contributed by atoms with E-state index in [1.165, 1.54) is 6.20 Å². The van der Waals surface area contributed by atoms with Crippen LogP contribution < -0.4 is 4.73 Å². The Bertz CT molecular complexity index is 468. The van der Waals surface area contributed by atoms with Gasteiger partial charge in [0, 0.05) is 16.6 Å². The molecule has 1 aromatic heterocycles. The number of nitrogens with zero attached hydrogens (tertiary/aromatic N) is 1. The maximum Gasteiger partial charge on any atom is 0.224 e. The lowest BCUT2D eigenvalue weighted by Gasteiger charge is -2.04. The van der Waals surface area contributed by atoms with Crippen LogP contribution in [0.5, 0.6) is 0 Å². The lowest BCUT2D eigenvalue weighted by Crippen LogP contribution is -2.25. The van der Waals surface area contributed by atoms with E-state index in [4.69, 9.17) is 0 Å². The highest BCUT2D eigenvalue weighted by Gasteiger charge is 2.06. The lowest BCUT2D eigenvalue weighted by molar-refractivity contribution is -0.577. The van der Waals surface area contributed by atoms with E-state index >= 15 is 0 Å². The molecule has 0 amide bonds. The van der Waals surface area contributed by atoms with E-state index in [0.717, 1.165) is 20.2 Å². The molecule has 3 heteroatoms. The third kappa shape index (κ3) is 1.29. The van der Waals surface area contributed by atoms with Crippen LogP contribution in [0.25, 0.3) is 10.9 Å². The summed E-state index contributed by atoms with van der Waals surface area (Å²) in [5, 5.41) is 12.3. The van der Waals surface area contributed by atoms with Gasteiger partial charge in [-0.1, -0.05) is 6.07 Å². The maximum atomic E-state index is 11.3. The molecule has 0 bridgehead atoms. The zero-order chi connectivity index (χ0) is 9.42. The molecule has 0 aliphatic heterocycles. The van der Waals surface area contributed by atoms with Crippen molar-refractivity contribution in [1.29, 1.82) is 0 Å². The number of hydrogen-bond acceptors (Lipinski definition) is 1. The zero-order valence-corrected chi connectivity index (χ0v) is 8.71. The predicted octanol–water partition coefficient (Wildman–Crippen LogP) is 2.54. The van der Waals surface area contributed by atoms with E-state index in [2.05, 4.69) is 15.9 Å². The van der Waals surface area contributed by atoms with Crippen LogP contribution in [0, 0.1) is 12.1 Å². The Morgan fingerprint density at radius 2 is 2.08 bits per heavy atom. The number of pyridine rings is 1. The molecule has 0 atom stereocenters. The Balaban J connectivity index is 2.94. The van der Waals surface area contributed by atoms with Crippen LogP contribution >= 0.6 is 15.9 Å². The summed E-state index contributed by atoms with van der Waals surface area (Å²) in [4.78, 5) is 0. The minimum Gasteiger partial charge on any atom is -0.618 e. The summed E-state index contributed by atoms with van der Waals surface area (Å²) in [6.45, 7) is 2.01. The van der Waals surface area contributed by atoms with Crippen LogP contribution in [-0.2, 0) is 0 Å². The van der Waals surface area contributed by atoms with Crippen molar-refractivity contribution in [2.75, 3.05) is 0 Å². The third-order valence-electron chi connectivity index (χ3n) is 2.07. The Kier molecular flexibility index (Phi) is 1.96. The molecule has 1 heterocycles. The Labute approximate surface area is 84.5 Å². The number of fused-ring (bicyclic) bond motifs is 1. The first-order chi connectivity index (χ1) is 6.20. The summed E-state index contributed by atoms with van der Waals surface area (Å²) in [5.74, 6) is 0. The molecule has 2 rings (SSSR count). The van der Waals surface area contributed by atoms with Gasteiger partial charge in [-0.3, -0.25) is 0 Å². The molecular weight excluding hydrogens is 230 g/mol. The first-order valence-electron chi connectivity index (χ1n) is 3.97. The minimum atomic E-state index is 0.694. The number of aromatic nitrogens is 1. The van der Waals surface area contributed by atoms with Gasteiger partial charge in [-0.2, -0.15) is 4.73 Å². The molecule has 0 fully saturated rings. The number of aryl methyl sites for hydroxylation is 1. The lowest BCUT2D eigenvalue weighted by atomic mass is 10.1. The van der Waals surface area contributed by atoms with Crippen molar-refractivity contribution < 1.29 is 4.73 Å². The minimum absolute atomic E-state index is 0.694. The summed E-state index contributed by atoms with van der Waals surface area (Å²) in [6, 6.07) is 7.45. The van der Waals surface area contributed by atoms with Crippen LogP contribution in [0.1, 0.15) is 5.56 Å². The van der Waals surface area contributed by atoms with Crippen molar-refractivity contribution in [2.24, 2.45) is 0 Å². The van der Waals surface area contributed by atoms with Crippen molar-refractivity contribution >= 4 is 26.8 Å². The number of rotatable bonds is 0. The van der Waals surface area contributed by atoms with Crippen molar-refractivity contribution in [1.82, 2.24) is 0 Å². The van der Waals surface area contributed by atoms with E-state index in [9.17, 15) is 5.21 Å². The highest BCUT2D eigenvalue weighted by atomic mass is 79.9. The van der Waals surface area contributed by atoms with Crippen molar-refractivity contribution in [3.05, 3.63) is 45.7 Å². The van der Waals surface area contributed by atoms with Crippen LogP contribution in [0.15, 0.2) is 34.9 Å². The topological polar surface area (TPSA) is 26.9 Å². The van der Waals surface area contributed by atoms with Gasteiger partial charge in [0.1, 0.15) is 0 Å². The zero-order valence-electron chi connectivity index (χ0n) is 7.12. The maximum absolute atomic E-state index is 11.3. The van der Waals surface area contributed by atoms with E-state index in [-0.39, 0.29) is 0 Å². The van der Waals surface area contributed by atoms with E-state index in [1.54, 1.807) is 6.07 Å². The molecule has 2 aromatic rings. The molecule has 13 heavy (non-hydrogen) atoms. The van der Waals surface area contributed by atoms with Gasteiger partial charge in [-0.05, 0) is 34.5 Å². The number of hydrogen-bond donors (Lipinski definition) is 0. The summed E-state index contributed by atoms with van der Waals surface area (Å²) in [5.41, 5.74) is 1.83. The van der Waals surface area contributed by atoms with Gasteiger partial charge in [0.05, 0.1) is 5.39 Å². The molecular formula is C10H8BrNO. The van der Waals surface area contributed by atoms with Crippen LogP contribution in [0.3, 0.4) is 0 Å². The molecule has 0 spiro atoms. The molecule has 0 aliphatic rings. The molecule has 0 saturated carbocycles. The Morgan fingerprint density at radius 1 is 1.31 bits per heavy atom. The standard InChI is InChI=1S/C10H8BrNO/c1-7-4-5-9-8(10(7)11)3-2-6-12(9)13/h2-6H,1H3. The van der Waals surface area contributed by atoms with Gasteiger partial charge in [0.25, 0.3) is 0 Å². The fourth-order valence-corrected chi connectivity index (χ4v) is 1.81. The first kappa shape index (κ1) is 8.51. The summed E-state index contributed by atoms with van der Waals surface area (Å²) in [6.07, 6.45) is 1.50. The van der Waals surface area contributed by atoms with Crippen LogP contribution in [0.4, 0.5) is 0 Å². The third-order valence-corrected chi connectivity index (χ3v) is 3.12. The van der Waals surface area contributed by atoms with Gasteiger partial charge in [-0.15, -0.1) is 0 Å². The van der Waals surface area contributed by atoms with Crippen LogP contribution in [-0.4, -0.2) is 0 Å². The molecule has 0 N–H and O–H groups in total. The normalized spacial score (nSPS) is 10.6. The largest absolute Gasteiger partial charge is 0.618 e. The van der Waals surface area contributed by atoms with Gasteiger partial charge in [0.2, 0.25) is 5.52 Å². The van der Waals surface area contributed by atoms with Crippen molar-refractivity contribution in [2.45, 2.75) is 6.92 Å². The average Bonchev–Trinajstić information content (AvgIpc) is 2.12. The summed E-state index contributed by atoms with van der Waals surface area (Å²) in [7, 11) is 0. The Hall–Kier alpha value is -1.09. The van der Waals surface area contributed by atoms with Gasteiger partial charge >= 0.3 is 0 Å². The number of halogens is 1. The van der Waals surface area contributed by atoms with E-state index in [0.29, 0.717) is 5.52 Å². The number of benzene rings is 1. The second kappa shape index (κ2) is 3.00. The monoisotopic (exact) mass is 237 g/mol. The van der Waals surface area contributed by atoms with Gasteiger partial charge in [-0.25, -0.2) is 0 Å². The molecule has 66 valence electrons. The van der Waals surface area contributed by atoms with Crippen LogP contribution in [0.2, 0.25) is 0 Å². The fourth-order valence-electron chi connectivity index (χ4n) is 1.34. The predicted molar refractivity (Wildman–Crippen MR) is 55.3 cm³/mol. The highest BCUT2D eigenvalue weighted by Crippen LogP contribution is 2.24. The second-order valence-electron chi connectivity index (χ2n) is 2.96. The molecule has 0 saturated heterocycles. The Morgan fingerprint density at radius 3 is 2.85 bits per heavy atom. The van der Waals surface area contributed by atoms with E-state index < -0.39 is 0 Å². The van der Waals surface area contributed by atoms with Crippen molar-refractivity contribution in [3.63, 3.8) is 0 Å².